The molecule has 174 valence electrons. The van der Waals surface area contributed by atoms with Gasteiger partial charge in [0.2, 0.25) is 0 Å². The Labute approximate surface area is 182 Å². The van der Waals surface area contributed by atoms with Gasteiger partial charge in [0.15, 0.2) is 0 Å². The molecule has 1 N–H and O–H groups in total. The van der Waals surface area contributed by atoms with Gasteiger partial charge in [0.1, 0.15) is 5.54 Å². The molecule has 31 heavy (non-hydrogen) atoms. The highest BCUT2D eigenvalue weighted by molar-refractivity contribution is 6.23. The summed E-state index contributed by atoms with van der Waals surface area (Å²) < 4.78 is 16.1. The monoisotopic (exact) mass is 440 g/mol. The molecule has 0 saturated carbocycles. The molecule has 0 unspecified atom stereocenters. The van der Waals surface area contributed by atoms with Crippen LogP contribution in [0.5, 0.6) is 0 Å². The van der Waals surface area contributed by atoms with E-state index in [1.165, 1.54) is 12.2 Å². The normalized spacial score (nSPS) is 16.1. The van der Waals surface area contributed by atoms with Gasteiger partial charge in [0.05, 0.1) is 51.8 Å². The van der Waals surface area contributed by atoms with Gasteiger partial charge in [0, 0.05) is 12.1 Å². The summed E-state index contributed by atoms with van der Waals surface area (Å²) in [6, 6.07) is 0. The van der Waals surface area contributed by atoms with Crippen molar-refractivity contribution in [1.82, 2.24) is 9.96 Å². The molecule has 0 aromatic heterocycles. The molecule has 0 aromatic rings. The lowest BCUT2D eigenvalue weighted by Crippen LogP contribution is -2.49. The van der Waals surface area contributed by atoms with Crippen LogP contribution in [-0.4, -0.2) is 98.2 Å². The van der Waals surface area contributed by atoms with Crippen molar-refractivity contribution in [3.63, 3.8) is 0 Å². The third kappa shape index (κ3) is 8.00. The summed E-state index contributed by atoms with van der Waals surface area (Å²) in [6.07, 6.45) is 2.82. The highest BCUT2D eigenvalue weighted by Crippen LogP contribution is 2.23. The molecule has 0 aliphatic carbocycles. The molecule has 10 nitrogen and oxygen atoms in total. The molecule has 0 atom stereocenters. The van der Waals surface area contributed by atoms with Crippen molar-refractivity contribution in [3.05, 3.63) is 36.5 Å². The highest BCUT2D eigenvalue weighted by Gasteiger charge is 2.38. The molecule has 2 amide bonds. The summed E-state index contributed by atoms with van der Waals surface area (Å²) >= 11 is 0. The van der Waals surface area contributed by atoms with Crippen LogP contribution in [0, 0.1) is 0 Å². The first kappa shape index (κ1) is 26.7. The maximum atomic E-state index is 12.0. The zero-order valence-electron chi connectivity index (χ0n) is 18.4. The quantitative estimate of drug-likeness (QED) is 0.211. The molecule has 1 fully saturated rings. The SMILES string of the molecule is C=C/C=C1\C(=C)C(=O)N(OCCOCCOCCOCCN(C)C(C)(C)C(=O)O)C1=O. The molecule has 10 heteroatoms. The maximum absolute atomic E-state index is 12.0. The van der Waals surface area contributed by atoms with Gasteiger partial charge in [-0.2, -0.15) is 0 Å². The maximum Gasteiger partial charge on any atom is 0.323 e. The van der Waals surface area contributed by atoms with Gasteiger partial charge in [-0.25, -0.2) is 0 Å². The van der Waals surface area contributed by atoms with E-state index in [-0.39, 0.29) is 24.4 Å². The second-order valence-corrected chi connectivity index (χ2v) is 7.16. The number of allylic oxidation sites excluding steroid dienone is 2. The lowest BCUT2D eigenvalue weighted by Gasteiger charge is -2.31. The van der Waals surface area contributed by atoms with Crippen LogP contribution in [0.1, 0.15) is 13.8 Å². The summed E-state index contributed by atoms with van der Waals surface area (Å²) in [4.78, 5) is 42.0. The number of aliphatic carboxylic acids is 1. The Morgan fingerprint density at radius 1 is 1.03 bits per heavy atom. The number of hydroxylamine groups is 2. The molecule has 0 aromatic carbocycles. The van der Waals surface area contributed by atoms with Crippen LogP contribution in [-0.2, 0) is 33.4 Å². The van der Waals surface area contributed by atoms with Crippen LogP contribution in [0.15, 0.2) is 36.5 Å². The number of likely N-dealkylation sites (N-methyl/N-ethyl adjacent to an activating group) is 1. The minimum absolute atomic E-state index is 0.0233. The minimum atomic E-state index is -0.950. The highest BCUT2D eigenvalue weighted by atomic mass is 16.7. The van der Waals surface area contributed by atoms with Crippen molar-refractivity contribution in [1.29, 1.82) is 0 Å². The fourth-order valence-electron chi connectivity index (χ4n) is 2.35. The smallest absolute Gasteiger partial charge is 0.323 e. The number of amides is 2. The van der Waals surface area contributed by atoms with Crippen molar-refractivity contribution < 1.29 is 38.5 Å². The summed E-state index contributed by atoms with van der Waals surface area (Å²) in [5, 5.41) is 9.82. The Hall–Kier alpha value is -2.37. The molecule has 0 spiro atoms. The van der Waals surface area contributed by atoms with Gasteiger partial charge in [0.25, 0.3) is 11.8 Å². The molecule has 1 saturated heterocycles. The van der Waals surface area contributed by atoms with E-state index in [0.29, 0.717) is 44.6 Å². The van der Waals surface area contributed by atoms with E-state index < -0.39 is 23.3 Å². The number of carbonyl (C=O) groups excluding carboxylic acids is 2. The van der Waals surface area contributed by atoms with Crippen LogP contribution in [0.3, 0.4) is 0 Å². The van der Waals surface area contributed by atoms with E-state index in [4.69, 9.17) is 24.2 Å². The molecular formula is C21H32N2O8. The van der Waals surface area contributed by atoms with Gasteiger partial charge >= 0.3 is 5.97 Å². The van der Waals surface area contributed by atoms with Crippen LogP contribution < -0.4 is 0 Å². The Morgan fingerprint density at radius 3 is 2.06 bits per heavy atom. The van der Waals surface area contributed by atoms with Gasteiger partial charge in [-0.1, -0.05) is 19.2 Å². The number of imide groups is 1. The zero-order chi connectivity index (χ0) is 23.4. The average molecular weight is 440 g/mol. The van der Waals surface area contributed by atoms with Crippen LogP contribution >= 0.6 is 0 Å². The van der Waals surface area contributed by atoms with Gasteiger partial charge in [-0.05, 0) is 27.0 Å². The molecule has 1 rings (SSSR count). The Morgan fingerprint density at radius 2 is 1.55 bits per heavy atom. The van der Waals surface area contributed by atoms with Gasteiger partial charge < -0.3 is 19.3 Å². The molecule has 0 radical (unpaired) electrons. The third-order valence-corrected chi connectivity index (χ3v) is 4.71. The van der Waals surface area contributed by atoms with Crippen molar-refractivity contribution >= 4 is 17.8 Å². The topological polar surface area (TPSA) is 115 Å². The number of carbonyl (C=O) groups is 3. The first-order valence-corrected chi connectivity index (χ1v) is 9.86. The van der Waals surface area contributed by atoms with Crippen LogP contribution in [0.2, 0.25) is 0 Å². The third-order valence-electron chi connectivity index (χ3n) is 4.71. The number of carboxylic acid groups (broad SMARTS) is 1. The summed E-state index contributed by atoms with van der Waals surface area (Å²) in [5.41, 5.74) is -0.720. The van der Waals surface area contributed by atoms with Crippen molar-refractivity contribution in [2.24, 2.45) is 0 Å². The summed E-state index contributed by atoms with van der Waals surface area (Å²) in [6.45, 7) is 12.9. The zero-order valence-corrected chi connectivity index (χ0v) is 18.4. The van der Waals surface area contributed by atoms with Crippen molar-refractivity contribution in [2.75, 3.05) is 59.8 Å². The number of rotatable bonds is 16. The lowest BCUT2D eigenvalue weighted by atomic mass is 10.0. The number of hydrogen-bond donors (Lipinski definition) is 1. The van der Waals surface area contributed by atoms with E-state index in [9.17, 15) is 14.4 Å². The van der Waals surface area contributed by atoms with Crippen LogP contribution in [0.4, 0.5) is 0 Å². The van der Waals surface area contributed by atoms with Crippen molar-refractivity contribution in [3.8, 4) is 0 Å². The van der Waals surface area contributed by atoms with E-state index in [2.05, 4.69) is 13.2 Å². The molecule has 1 heterocycles. The van der Waals surface area contributed by atoms with E-state index in [0.717, 1.165) is 0 Å². The average Bonchev–Trinajstić information content (AvgIpc) is 2.92. The molecule has 1 aliphatic rings. The Balaban J connectivity index is 2.03. The van der Waals surface area contributed by atoms with E-state index >= 15 is 0 Å². The fourth-order valence-corrected chi connectivity index (χ4v) is 2.35. The minimum Gasteiger partial charge on any atom is -0.480 e. The Kier molecular flexibility index (Phi) is 11.3. The fraction of sp³-hybridized carbons (Fsp3) is 0.571. The summed E-state index contributed by atoms with van der Waals surface area (Å²) in [7, 11) is 1.73. The number of hydrogen-bond acceptors (Lipinski definition) is 8. The first-order chi connectivity index (χ1) is 14.6. The number of ether oxygens (including phenoxy) is 3. The van der Waals surface area contributed by atoms with E-state index in [1.54, 1.807) is 25.8 Å². The molecule has 0 bridgehead atoms. The predicted molar refractivity (Wildman–Crippen MR) is 112 cm³/mol. The van der Waals surface area contributed by atoms with Crippen molar-refractivity contribution in [2.45, 2.75) is 19.4 Å². The molecular weight excluding hydrogens is 408 g/mol. The lowest BCUT2D eigenvalue weighted by molar-refractivity contribution is -0.188. The summed E-state index contributed by atoms with van der Waals surface area (Å²) in [5.74, 6) is -2.06. The van der Waals surface area contributed by atoms with Gasteiger partial charge in [-0.3, -0.25) is 24.1 Å². The predicted octanol–water partition coefficient (Wildman–Crippen LogP) is 0.800. The second-order valence-electron chi connectivity index (χ2n) is 7.16. The molecule has 1 aliphatic heterocycles. The standard InChI is InChI=1S/C21H32N2O8/c1-6-7-17-16(2)18(24)23(19(17)25)31-15-14-30-13-12-29-11-10-28-9-8-22(5)21(3,4)20(26)27/h6-7H,1-2,8-15H2,3-5H3,(H,26,27)/b17-7+. The Bertz CT molecular complexity index is 701. The largest absolute Gasteiger partial charge is 0.480 e. The van der Waals surface area contributed by atoms with Crippen LogP contribution in [0.25, 0.3) is 0 Å². The van der Waals surface area contributed by atoms with Gasteiger partial charge in [-0.15, -0.1) is 5.06 Å². The number of carboxylic acids is 1. The number of nitrogens with zero attached hydrogens (tertiary/aromatic N) is 2. The second kappa shape index (κ2) is 13.1. The first-order valence-electron chi connectivity index (χ1n) is 9.86. The van der Waals surface area contributed by atoms with E-state index in [1.807, 2.05) is 0 Å².